The molecule has 0 radical (unpaired) electrons. The van der Waals surface area contributed by atoms with E-state index in [-0.39, 0.29) is 28.0 Å². The van der Waals surface area contributed by atoms with Crippen LogP contribution in [0.1, 0.15) is 23.5 Å². The van der Waals surface area contributed by atoms with Crippen LogP contribution in [-0.4, -0.2) is 30.4 Å². The van der Waals surface area contributed by atoms with Crippen molar-refractivity contribution in [1.29, 1.82) is 0 Å². The molecule has 8 nitrogen and oxygen atoms in total. The maximum absolute atomic E-state index is 13.0. The van der Waals surface area contributed by atoms with Crippen LogP contribution in [0.4, 0.5) is 5.69 Å². The van der Waals surface area contributed by atoms with Gasteiger partial charge in [-0.05, 0) is 41.5 Å². The highest BCUT2D eigenvalue weighted by atomic mass is 32.2. The van der Waals surface area contributed by atoms with Gasteiger partial charge in [0.15, 0.2) is 0 Å². The van der Waals surface area contributed by atoms with E-state index < -0.39 is 10.0 Å². The highest BCUT2D eigenvalue weighted by Crippen LogP contribution is 2.25. The molecular weight excluding hydrogens is 452 g/mol. The molecule has 1 aromatic heterocycles. The van der Waals surface area contributed by atoms with Crippen LogP contribution >= 0.6 is 0 Å². The number of aromatic nitrogens is 2. The van der Waals surface area contributed by atoms with Crippen molar-refractivity contribution >= 4 is 32.5 Å². The Hall–Kier alpha value is -3.98. The number of hydrogen-bond donors (Lipinski definition) is 2. The van der Waals surface area contributed by atoms with Gasteiger partial charge in [0, 0.05) is 24.6 Å². The van der Waals surface area contributed by atoms with Gasteiger partial charge in [-0.15, -0.1) is 0 Å². The largest absolute Gasteiger partial charge is 0.355 e. The lowest BCUT2D eigenvalue weighted by molar-refractivity contribution is -0.119. The first kappa shape index (κ1) is 21.8. The van der Waals surface area contributed by atoms with Crippen molar-refractivity contribution in [2.24, 2.45) is 0 Å². The Balaban J connectivity index is 1.39. The van der Waals surface area contributed by atoms with Gasteiger partial charge in [-0.1, -0.05) is 42.5 Å². The average molecular weight is 475 g/mol. The summed E-state index contributed by atoms with van der Waals surface area (Å²) < 4.78 is 29.9. The van der Waals surface area contributed by atoms with Gasteiger partial charge in [0.2, 0.25) is 5.91 Å². The molecular formula is C25H22N4O4S. The molecule has 0 bridgehead atoms. The van der Waals surface area contributed by atoms with E-state index in [1.165, 1.54) is 29.1 Å². The molecule has 2 N–H and O–H groups in total. The quantitative estimate of drug-likeness (QED) is 0.447. The van der Waals surface area contributed by atoms with Crippen LogP contribution in [-0.2, 0) is 21.4 Å². The topological polar surface area (TPSA) is 110 Å². The SMILES string of the molecule is O=C1C[C@@H](c2ccc(S(=O)(=O)Nc3ccc4ncn(Cc5ccccc5)c(=O)c4c3)cc2)CN1. The van der Waals surface area contributed by atoms with Crippen LogP contribution in [0, 0.1) is 0 Å². The maximum Gasteiger partial charge on any atom is 0.261 e. The number of benzene rings is 3. The first-order valence-electron chi connectivity index (χ1n) is 10.8. The van der Waals surface area contributed by atoms with E-state index in [0.29, 0.717) is 30.4 Å². The molecule has 172 valence electrons. The van der Waals surface area contributed by atoms with Crippen LogP contribution in [0.15, 0.2) is 88.8 Å². The molecule has 1 aliphatic heterocycles. The Morgan fingerprint density at radius 2 is 1.76 bits per heavy atom. The normalized spacial score (nSPS) is 15.9. The van der Waals surface area contributed by atoms with Gasteiger partial charge in [0.05, 0.1) is 28.7 Å². The lowest BCUT2D eigenvalue weighted by Gasteiger charge is -2.12. The molecule has 2 heterocycles. The molecule has 1 fully saturated rings. The van der Waals surface area contributed by atoms with Crippen molar-refractivity contribution in [3.63, 3.8) is 0 Å². The summed E-state index contributed by atoms with van der Waals surface area (Å²) in [5, 5.41) is 3.11. The van der Waals surface area contributed by atoms with Crippen molar-refractivity contribution in [2.75, 3.05) is 11.3 Å². The summed E-state index contributed by atoms with van der Waals surface area (Å²) in [6.07, 6.45) is 1.90. The number of nitrogens with zero attached hydrogens (tertiary/aromatic N) is 2. The zero-order valence-corrected chi connectivity index (χ0v) is 19.0. The van der Waals surface area contributed by atoms with Gasteiger partial charge in [0.1, 0.15) is 0 Å². The molecule has 1 atom stereocenters. The van der Waals surface area contributed by atoms with E-state index in [4.69, 9.17) is 0 Å². The first-order valence-corrected chi connectivity index (χ1v) is 12.3. The molecule has 1 aliphatic rings. The van der Waals surface area contributed by atoms with Crippen molar-refractivity contribution in [3.8, 4) is 0 Å². The molecule has 0 unspecified atom stereocenters. The van der Waals surface area contributed by atoms with Gasteiger partial charge in [-0.25, -0.2) is 13.4 Å². The summed E-state index contributed by atoms with van der Waals surface area (Å²) in [5.74, 6) is 0.0419. The number of fused-ring (bicyclic) bond motifs is 1. The molecule has 0 aliphatic carbocycles. The predicted molar refractivity (Wildman–Crippen MR) is 129 cm³/mol. The molecule has 3 aromatic carbocycles. The third kappa shape index (κ3) is 4.42. The summed E-state index contributed by atoms with van der Waals surface area (Å²) in [5.41, 5.74) is 2.38. The Bertz CT molecular complexity index is 1530. The van der Waals surface area contributed by atoms with Crippen molar-refractivity contribution in [1.82, 2.24) is 14.9 Å². The van der Waals surface area contributed by atoms with Crippen LogP contribution in [0.25, 0.3) is 10.9 Å². The van der Waals surface area contributed by atoms with Gasteiger partial charge in [0.25, 0.3) is 15.6 Å². The third-order valence-electron chi connectivity index (χ3n) is 5.91. The minimum absolute atomic E-state index is 0.00279. The minimum atomic E-state index is -3.87. The van der Waals surface area contributed by atoms with Crippen LogP contribution in [0.5, 0.6) is 0 Å². The molecule has 9 heteroatoms. The zero-order chi connectivity index (χ0) is 23.7. The Labute approximate surface area is 196 Å². The standard InChI is InChI=1S/C25H22N4O4S/c30-24-12-19(14-26-24)18-6-9-21(10-7-18)34(32,33)28-20-8-11-23-22(13-20)25(31)29(16-27-23)15-17-4-2-1-3-5-17/h1-11,13,16,19,28H,12,14-15H2,(H,26,30)/t19-/m1/s1. The van der Waals surface area contributed by atoms with Gasteiger partial charge < -0.3 is 5.32 Å². The van der Waals surface area contributed by atoms with E-state index in [1.54, 1.807) is 24.3 Å². The predicted octanol–water partition coefficient (Wildman–Crippen LogP) is 2.85. The lowest BCUT2D eigenvalue weighted by atomic mass is 9.99. The smallest absolute Gasteiger partial charge is 0.261 e. The van der Waals surface area contributed by atoms with E-state index in [9.17, 15) is 18.0 Å². The van der Waals surface area contributed by atoms with Crippen molar-refractivity contribution < 1.29 is 13.2 Å². The molecule has 5 rings (SSSR count). The van der Waals surface area contributed by atoms with Crippen molar-refractivity contribution in [2.45, 2.75) is 23.8 Å². The number of rotatable bonds is 6. The molecule has 0 saturated carbocycles. The van der Waals surface area contributed by atoms with Crippen molar-refractivity contribution in [3.05, 3.63) is 101 Å². The Morgan fingerprint density at radius 3 is 2.47 bits per heavy atom. The highest BCUT2D eigenvalue weighted by Gasteiger charge is 2.23. The summed E-state index contributed by atoms with van der Waals surface area (Å²) in [7, 11) is -3.87. The number of carbonyl (C=O) groups is 1. The van der Waals surface area contributed by atoms with Gasteiger partial charge >= 0.3 is 0 Å². The molecule has 1 amide bonds. The Kier molecular flexibility index (Phi) is 5.62. The molecule has 34 heavy (non-hydrogen) atoms. The second kappa shape index (κ2) is 8.75. The van der Waals surface area contributed by atoms with Gasteiger partial charge in [-0.2, -0.15) is 0 Å². The fraction of sp³-hybridized carbons (Fsp3) is 0.160. The fourth-order valence-corrected chi connectivity index (χ4v) is 5.14. The van der Waals surface area contributed by atoms with Crippen LogP contribution in [0.3, 0.4) is 0 Å². The highest BCUT2D eigenvalue weighted by molar-refractivity contribution is 7.92. The van der Waals surface area contributed by atoms with Crippen LogP contribution in [0.2, 0.25) is 0 Å². The fourth-order valence-electron chi connectivity index (χ4n) is 4.09. The van der Waals surface area contributed by atoms with E-state index >= 15 is 0 Å². The second-order valence-corrected chi connectivity index (χ2v) is 9.96. The molecule has 4 aromatic rings. The minimum Gasteiger partial charge on any atom is -0.355 e. The third-order valence-corrected chi connectivity index (χ3v) is 7.31. The maximum atomic E-state index is 13.0. The summed E-state index contributed by atoms with van der Waals surface area (Å²) >= 11 is 0. The Morgan fingerprint density at radius 1 is 1.00 bits per heavy atom. The number of hydrogen-bond acceptors (Lipinski definition) is 5. The summed E-state index contributed by atoms with van der Waals surface area (Å²) in [6.45, 7) is 0.920. The summed E-state index contributed by atoms with van der Waals surface area (Å²) in [6, 6.07) is 20.8. The first-order chi connectivity index (χ1) is 16.4. The van der Waals surface area contributed by atoms with E-state index in [2.05, 4.69) is 15.0 Å². The van der Waals surface area contributed by atoms with Crippen LogP contribution < -0.4 is 15.6 Å². The number of carbonyl (C=O) groups excluding carboxylic acids is 1. The number of nitrogens with one attached hydrogen (secondary N) is 2. The average Bonchev–Trinajstić information content (AvgIpc) is 3.28. The zero-order valence-electron chi connectivity index (χ0n) is 18.1. The van der Waals surface area contributed by atoms with E-state index in [1.807, 2.05) is 30.3 Å². The summed E-state index contributed by atoms with van der Waals surface area (Å²) in [4.78, 5) is 28.9. The lowest BCUT2D eigenvalue weighted by Crippen LogP contribution is -2.21. The molecule has 0 spiro atoms. The number of amides is 1. The number of anilines is 1. The monoisotopic (exact) mass is 474 g/mol. The van der Waals surface area contributed by atoms with E-state index in [0.717, 1.165) is 11.1 Å². The van der Waals surface area contributed by atoms with Gasteiger partial charge in [-0.3, -0.25) is 18.9 Å². The number of sulfonamides is 1. The second-order valence-electron chi connectivity index (χ2n) is 8.27. The molecule has 1 saturated heterocycles.